The number of urea groups is 1. The number of imide groups is 1. The standard InChI is InChI=1S/C29H27ClFN3O5/c1-3-20-7-5-6-8-23(20)32-26(35)16-34-28(36)24(33-29(34)37)14-19-13-22(30)27(25(15-19)38-4-2)39-17-18-9-11-21(31)12-10-18/h5-15H,3-4,16-17H2,1-2H3,(H,32,35)(H,33,37)/b24-14+. The summed E-state index contributed by atoms with van der Waals surface area (Å²) in [5.41, 5.74) is 2.77. The summed E-state index contributed by atoms with van der Waals surface area (Å²) >= 11 is 6.48. The number of nitrogens with zero attached hydrogens (tertiary/aromatic N) is 1. The van der Waals surface area contributed by atoms with E-state index in [2.05, 4.69) is 10.6 Å². The Morgan fingerprint density at radius 1 is 1.08 bits per heavy atom. The predicted molar refractivity (Wildman–Crippen MR) is 146 cm³/mol. The second kappa shape index (κ2) is 12.4. The van der Waals surface area contributed by atoms with Crippen molar-refractivity contribution in [2.75, 3.05) is 18.5 Å². The highest BCUT2D eigenvalue weighted by Crippen LogP contribution is 2.38. The molecule has 4 rings (SSSR count). The summed E-state index contributed by atoms with van der Waals surface area (Å²) in [4.78, 5) is 38.9. The molecule has 0 aliphatic carbocycles. The molecule has 1 fully saturated rings. The number of ether oxygens (including phenoxy) is 2. The Kier molecular flexibility index (Phi) is 8.83. The quantitative estimate of drug-likeness (QED) is 0.254. The zero-order valence-electron chi connectivity index (χ0n) is 21.4. The highest BCUT2D eigenvalue weighted by molar-refractivity contribution is 6.32. The first kappa shape index (κ1) is 27.7. The van der Waals surface area contributed by atoms with Crippen LogP contribution < -0.4 is 20.1 Å². The second-order valence-electron chi connectivity index (χ2n) is 8.62. The molecule has 2 N–H and O–H groups in total. The SMILES string of the molecule is CCOc1cc(/C=C2/NC(=O)N(CC(=O)Nc3ccccc3CC)C2=O)cc(Cl)c1OCc1ccc(F)cc1. The molecule has 1 heterocycles. The molecule has 39 heavy (non-hydrogen) atoms. The van der Waals surface area contributed by atoms with Gasteiger partial charge in [0.25, 0.3) is 5.91 Å². The first-order valence-corrected chi connectivity index (χ1v) is 12.7. The Labute approximate surface area is 230 Å². The number of hydrogen-bond donors (Lipinski definition) is 2. The van der Waals surface area contributed by atoms with E-state index in [1.165, 1.54) is 18.2 Å². The van der Waals surface area contributed by atoms with Crippen LogP contribution in [0.25, 0.3) is 6.08 Å². The van der Waals surface area contributed by atoms with Gasteiger partial charge in [-0.15, -0.1) is 0 Å². The van der Waals surface area contributed by atoms with Gasteiger partial charge in [-0.3, -0.25) is 9.59 Å². The lowest BCUT2D eigenvalue weighted by atomic mass is 10.1. The van der Waals surface area contributed by atoms with Crippen molar-refractivity contribution in [2.45, 2.75) is 26.9 Å². The summed E-state index contributed by atoms with van der Waals surface area (Å²) in [6.45, 7) is 3.78. The molecule has 1 aliphatic rings. The predicted octanol–water partition coefficient (Wildman–Crippen LogP) is 5.55. The van der Waals surface area contributed by atoms with E-state index in [4.69, 9.17) is 21.1 Å². The number of benzene rings is 3. The highest BCUT2D eigenvalue weighted by atomic mass is 35.5. The summed E-state index contributed by atoms with van der Waals surface area (Å²) in [5.74, 6) is -0.868. The molecule has 8 nitrogen and oxygen atoms in total. The number of para-hydroxylation sites is 1. The fourth-order valence-corrected chi connectivity index (χ4v) is 4.25. The zero-order valence-corrected chi connectivity index (χ0v) is 22.2. The van der Waals surface area contributed by atoms with E-state index in [0.717, 1.165) is 22.4 Å². The normalized spacial score (nSPS) is 13.9. The summed E-state index contributed by atoms with van der Waals surface area (Å²) in [7, 11) is 0. The number of halogens is 2. The molecular formula is C29H27ClFN3O5. The zero-order chi connectivity index (χ0) is 27.9. The molecule has 1 saturated heterocycles. The van der Waals surface area contributed by atoms with Crippen molar-refractivity contribution in [2.24, 2.45) is 0 Å². The van der Waals surface area contributed by atoms with Crippen molar-refractivity contribution in [3.05, 3.63) is 93.9 Å². The Morgan fingerprint density at radius 2 is 1.82 bits per heavy atom. The van der Waals surface area contributed by atoms with Crippen LogP contribution in [0.5, 0.6) is 11.5 Å². The fraction of sp³-hybridized carbons (Fsp3) is 0.207. The van der Waals surface area contributed by atoms with E-state index in [1.54, 1.807) is 43.3 Å². The van der Waals surface area contributed by atoms with E-state index in [-0.39, 0.29) is 28.9 Å². The third kappa shape index (κ3) is 6.74. The summed E-state index contributed by atoms with van der Waals surface area (Å²) in [6.07, 6.45) is 2.16. The van der Waals surface area contributed by atoms with Crippen LogP contribution in [0.4, 0.5) is 14.9 Å². The van der Waals surface area contributed by atoms with Gasteiger partial charge in [0.1, 0.15) is 24.7 Å². The van der Waals surface area contributed by atoms with Gasteiger partial charge in [0, 0.05) is 5.69 Å². The Morgan fingerprint density at radius 3 is 2.54 bits per heavy atom. The molecule has 3 aromatic rings. The lowest BCUT2D eigenvalue weighted by Gasteiger charge is -2.15. The Balaban J connectivity index is 1.49. The molecule has 0 spiro atoms. The van der Waals surface area contributed by atoms with Gasteiger partial charge >= 0.3 is 6.03 Å². The molecule has 0 atom stereocenters. The van der Waals surface area contributed by atoms with Gasteiger partial charge < -0.3 is 20.1 Å². The van der Waals surface area contributed by atoms with Gasteiger partial charge in [-0.1, -0.05) is 48.9 Å². The smallest absolute Gasteiger partial charge is 0.329 e. The second-order valence-corrected chi connectivity index (χ2v) is 9.02. The monoisotopic (exact) mass is 551 g/mol. The molecule has 10 heteroatoms. The summed E-state index contributed by atoms with van der Waals surface area (Å²) < 4.78 is 24.7. The lowest BCUT2D eigenvalue weighted by Crippen LogP contribution is -2.38. The van der Waals surface area contributed by atoms with Crippen molar-refractivity contribution < 1.29 is 28.2 Å². The first-order valence-electron chi connectivity index (χ1n) is 12.3. The molecular weight excluding hydrogens is 525 g/mol. The van der Waals surface area contributed by atoms with Crippen molar-refractivity contribution >= 4 is 41.2 Å². The number of amides is 4. The van der Waals surface area contributed by atoms with Crippen molar-refractivity contribution in [3.8, 4) is 11.5 Å². The number of aryl methyl sites for hydroxylation is 1. The number of carbonyl (C=O) groups excluding carboxylic acids is 3. The molecule has 0 radical (unpaired) electrons. The number of rotatable bonds is 10. The minimum Gasteiger partial charge on any atom is -0.490 e. The molecule has 4 amide bonds. The maximum absolute atomic E-state index is 13.2. The van der Waals surface area contributed by atoms with Gasteiger partial charge in [0.05, 0.1) is 11.6 Å². The van der Waals surface area contributed by atoms with Gasteiger partial charge in [-0.25, -0.2) is 14.1 Å². The van der Waals surface area contributed by atoms with Crippen LogP contribution in [0.2, 0.25) is 5.02 Å². The van der Waals surface area contributed by atoms with Crippen molar-refractivity contribution in [3.63, 3.8) is 0 Å². The van der Waals surface area contributed by atoms with Gasteiger partial charge in [-0.2, -0.15) is 0 Å². The van der Waals surface area contributed by atoms with E-state index >= 15 is 0 Å². The summed E-state index contributed by atoms with van der Waals surface area (Å²) in [5, 5.41) is 5.48. The van der Waals surface area contributed by atoms with E-state index in [0.29, 0.717) is 23.6 Å². The molecule has 202 valence electrons. The summed E-state index contributed by atoms with van der Waals surface area (Å²) in [6, 6.07) is 15.7. The van der Waals surface area contributed by atoms with E-state index in [9.17, 15) is 18.8 Å². The largest absolute Gasteiger partial charge is 0.490 e. The minimum atomic E-state index is -0.708. The molecule has 3 aromatic carbocycles. The van der Waals surface area contributed by atoms with Crippen molar-refractivity contribution in [1.29, 1.82) is 0 Å². The molecule has 0 saturated carbocycles. The number of carbonyl (C=O) groups is 3. The third-order valence-electron chi connectivity index (χ3n) is 5.88. The third-order valence-corrected chi connectivity index (χ3v) is 6.16. The minimum absolute atomic E-state index is 0.0137. The topological polar surface area (TPSA) is 97.0 Å². The maximum Gasteiger partial charge on any atom is 0.329 e. The van der Waals surface area contributed by atoms with Gasteiger partial charge in [0.2, 0.25) is 5.91 Å². The molecule has 1 aliphatic heterocycles. The molecule has 0 unspecified atom stereocenters. The van der Waals surface area contributed by atoms with Crippen LogP contribution in [-0.2, 0) is 22.6 Å². The number of nitrogens with one attached hydrogen (secondary N) is 2. The van der Waals surface area contributed by atoms with E-state index < -0.39 is 24.4 Å². The fourth-order valence-electron chi connectivity index (χ4n) is 3.98. The van der Waals surface area contributed by atoms with Crippen LogP contribution in [0.1, 0.15) is 30.5 Å². The number of anilines is 1. The average Bonchev–Trinajstić information content (AvgIpc) is 3.16. The van der Waals surface area contributed by atoms with Gasteiger partial charge in [-0.05, 0) is 66.4 Å². The molecule has 0 aromatic heterocycles. The van der Waals surface area contributed by atoms with Gasteiger partial charge in [0.15, 0.2) is 11.5 Å². The highest BCUT2D eigenvalue weighted by Gasteiger charge is 2.35. The number of hydrogen-bond acceptors (Lipinski definition) is 5. The van der Waals surface area contributed by atoms with Crippen LogP contribution >= 0.6 is 11.6 Å². The van der Waals surface area contributed by atoms with Crippen LogP contribution in [0.15, 0.2) is 66.4 Å². The van der Waals surface area contributed by atoms with Crippen LogP contribution in [-0.4, -0.2) is 35.9 Å². The first-order chi connectivity index (χ1) is 18.8. The Hall–Kier alpha value is -4.37. The maximum atomic E-state index is 13.2. The average molecular weight is 552 g/mol. The van der Waals surface area contributed by atoms with Crippen molar-refractivity contribution in [1.82, 2.24) is 10.2 Å². The van der Waals surface area contributed by atoms with Crippen LogP contribution in [0, 0.1) is 5.82 Å². The lowest BCUT2D eigenvalue weighted by molar-refractivity contribution is -0.127. The van der Waals surface area contributed by atoms with Crippen LogP contribution in [0.3, 0.4) is 0 Å². The molecule has 0 bridgehead atoms. The Bertz CT molecular complexity index is 1420. The van der Waals surface area contributed by atoms with E-state index in [1.807, 2.05) is 19.1 Å².